The standard InChI is InChI=1S/C10H18ClN3O5/c1-9(2)18-6-10(5-15,7-19-9)12-8(16)14(13-17)4-3-11/h15H,3-7H2,1-2H3,(H,12,16). The lowest BCUT2D eigenvalue weighted by molar-refractivity contribution is -0.273. The maximum absolute atomic E-state index is 11.8. The van der Waals surface area contributed by atoms with Gasteiger partial charge >= 0.3 is 6.03 Å². The summed E-state index contributed by atoms with van der Waals surface area (Å²) >= 11 is 5.45. The summed E-state index contributed by atoms with van der Waals surface area (Å²) in [6, 6.07) is -0.753. The molecule has 0 aliphatic carbocycles. The fraction of sp³-hybridized carbons (Fsp3) is 0.900. The van der Waals surface area contributed by atoms with Crippen molar-refractivity contribution in [3.63, 3.8) is 0 Å². The highest BCUT2D eigenvalue weighted by atomic mass is 35.5. The topological polar surface area (TPSA) is 100 Å². The van der Waals surface area contributed by atoms with E-state index in [0.29, 0.717) is 5.01 Å². The Bertz CT molecular complexity index is 329. The van der Waals surface area contributed by atoms with Crippen molar-refractivity contribution >= 4 is 17.6 Å². The van der Waals surface area contributed by atoms with E-state index in [9.17, 15) is 14.8 Å². The van der Waals surface area contributed by atoms with Crippen LogP contribution >= 0.6 is 11.6 Å². The van der Waals surface area contributed by atoms with Crippen LogP contribution in [0.2, 0.25) is 0 Å². The van der Waals surface area contributed by atoms with Gasteiger partial charge in [0.1, 0.15) is 5.54 Å². The predicted molar refractivity (Wildman–Crippen MR) is 67.6 cm³/mol. The van der Waals surface area contributed by atoms with Crippen LogP contribution < -0.4 is 5.32 Å². The number of carbonyl (C=O) groups excluding carboxylic acids is 1. The molecule has 1 rings (SSSR count). The van der Waals surface area contributed by atoms with Gasteiger partial charge in [-0.05, 0) is 13.8 Å². The highest BCUT2D eigenvalue weighted by Crippen LogP contribution is 2.23. The van der Waals surface area contributed by atoms with Crippen LogP contribution in [0.3, 0.4) is 0 Å². The smallest absolute Gasteiger partial charge is 0.341 e. The Morgan fingerprint density at radius 1 is 1.47 bits per heavy atom. The number of urea groups is 1. The van der Waals surface area contributed by atoms with Crippen molar-refractivity contribution in [2.45, 2.75) is 25.2 Å². The number of rotatable bonds is 5. The molecule has 110 valence electrons. The molecular weight excluding hydrogens is 278 g/mol. The first-order chi connectivity index (χ1) is 8.88. The van der Waals surface area contributed by atoms with E-state index in [1.165, 1.54) is 0 Å². The third-order valence-electron chi connectivity index (χ3n) is 2.70. The molecule has 0 aromatic rings. The number of carbonyl (C=O) groups is 1. The minimum atomic E-state index is -1.10. The van der Waals surface area contributed by atoms with E-state index in [4.69, 9.17) is 21.1 Å². The van der Waals surface area contributed by atoms with Crippen molar-refractivity contribution in [3.8, 4) is 0 Å². The molecule has 0 aromatic carbocycles. The Labute approximate surface area is 115 Å². The molecule has 1 aliphatic heterocycles. The molecule has 0 unspecified atom stereocenters. The minimum absolute atomic E-state index is 0.0222. The average molecular weight is 296 g/mol. The summed E-state index contributed by atoms with van der Waals surface area (Å²) in [4.78, 5) is 22.3. The van der Waals surface area contributed by atoms with Crippen molar-refractivity contribution in [1.82, 2.24) is 10.3 Å². The fourth-order valence-corrected chi connectivity index (χ4v) is 1.62. The van der Waals surface area contributed by atoms with Crippen LogP contribution in [0.5, 0.6) is 0 Å². The molecule has 9 heteroatoms. The molecule has 1 saturated heterocycles. The molecule has 0 saturated carbocycles. The van der Waals surface area contributed by atoms with E-state index in [0.717, 1.165) is 0 Å². The van der Waals surface area contributed by atoms with Gasteiger partial charge in [-0.1, -0.05) is 0 Å². The van der Waals surface area contributed by atoms with Crippen molar-refractivity contribution in [1.29, 1.82) is 0 Å². The van der Waals surface area contributed by atoms with Crippen molar-refractivity contribution in [2.24, 2.45) is 5.29 Å². The zero-order valence-corrected chi connectivity index (χ0v) is 11.6. The zero-order chi connectivity index (χ0) is 14.5. The number of nitrogens with zero attached hydrogens (tertiary/aromatic N) is 2. The summed E-state index contributed by atoms with van der Waals surface area (Å²) in [5.41, 5.74) is -1.10. The van der Waals surface area contributed by atoms with Gasteiger partial charge in [-0.3, -0.25) is 0 Å². The monoisotopic (exact) mass is 295 g/mol. The molecule has 1 aliphatic rings. The Kier molecular flexibility index (Phi) is 5.48. The number of alkyl halides is 1. The lowest BCUT2D eigenvalue weighted by Crippen LogP contribution is -2.64. The Balaban J connectivity index is 2.66. The first kappa shape index (κ1) is 16.1. The lowest BCUT2D eigenvalue weighted by atomic mass is 10.0. The van der Waals surface area contributed by atoms with E-state index < -0.39 is 17.4 Å². The molecule has 1 fully saturated rings. The molecule has 0 aromatic heterocycles. The van der Waals surface area contributed by atoms with Gasteiger partial charge in [-0.2, -0.15) is 5.01 Å². The fourth-order valence-electron chi connectivity index (χ4n) is 1.46. The van der Waals surface area contributed by atoms with Crippen LogP contribution in [0.1, 0.15) is 13.8 Å². The van der Waals surface area contributed by atoms with Crippen LogP contribution in [0, 0.1) is 4.91 Å². The van der Waals surface area contributed by atoms with Gasteiger partial charge in [-0.15, -0.1) is 16.5 Å². The van der Waals surface area contributed by atoms with E-state index in [1.807, 2.05) is 0 Å². The summed E-state index contributed by atoms with van der Waals surface area (Å²) in [6.07, 6.45) is 0. The van der Waals surface area contributed by atoms with E-state index >= 15 is 0 Å². The van der Waals surface area contributed by atoms with E-state index in [2.05, 4.69) is 10.6 Å². The number of amides is 2. The maximum Gasteiger partial charge on any atom is 0.341 e. The summed E-state index contributed by atoms with van der Waals surface area (Å²) in [5, 5.41) is 15.1. The normalized spacial score (nSPS) is 20.6. The number of nitrogens with one attached hydrogen (secondary N) is 1. The molecule has 19 heavy (non-hydrogen) atoms. The molecule has 0 atom stereocenters. The van der Waals surface area contributed by atoms with Gasteiger partial charge in [0.2, 0.25) is 0 Å². The first-order valence-corrected chi connectivity index (χ1v) is 6.29. The third kappa shape index (κ3) is 4.27. The van der Waals surface area contributed by atoms with Gasteiger partial charge in [0.25, 0.3) is 0 Å². The van der Waals surface area contributed by atoms with Gasteiger partial charge in [0, 0.05) is 5.88 Å². The van der Waals surface area contributed by atoms with E-state index in [1.54, 1.807) is 13.8 Å². The van der Waals surface area contributed by atoms with Gasteiger partial charge in [0.05, 0.1) is 31.7 Å². The zero-order valence-electron chi connectivity index (χ0n) is 10.9. The molecule has 0 radical (unpaired) electrons. The van der Waals surface area contributed by atoms with E-state index in [-0.39, 0.29) is 32.2 Å². The summed E-state index contributed by atoms with van der Waals surface area (Å²) in [5.74, 6) is -0.701. The van der Waals surface area contributed by atoms with Crippen molar-refractivity contribution in [3.05, 3.63) is 4.91 Å². The second kappa shape index (κ2) is 6.47. The highest BCUT2D eigenvalue weighted by Gasteiger charge is 2.41. The SMILES string of the molecule is CC1(C)OCC(CO)(NC(=O)N(CCCl)N=O)CO1. The second-order valence-electron chi connectivity index (χ2n) is 4.74. The third-order valence-corrected chi connectivity index (χ3v) is 2.87. The molecule has 0 spiro atoms. The number of ether oxygens (including phenoxy) is 2. The largest absolute Gasteiger partial charge is 0.394 e. The Morgan fingerprint density at radius 2 is 2.05 bits per heavy atom. The van der Waals surface area contributed by atoms with Crippen molar-refractivity contribution < 1.29 is 19.4 Å². The van der Waals surface area contributed by atoms with Crippen LogP contribution in [-0.2, 0) is 9.47 Å². The summed E-state index contributed by atoms with van der Waals surface area (Å²) in [7, 11) is 0. The van der Waals surface area contributed by atoms with Crippen LogP contribution in [0.25, 0.3) is 0 Å². The number of hydrogen-bond acceptors (Lipinski definition) is 6. The second-order valence-corrected chi connectivity index (χ2v) is 5.12. The van der Waals surface area contributed by atoms with Crippen LogP contribution in [0.15, 0.2) is 5.29 Å². The molecule has 2 amide bonds. The average Bonchev–Trinajstić information content (AvgIpc) is 2.38. The summed E-state index contributed by atoms with van der Waals surface area (Å²) in [6.45, 7) is 3.17. The first-order valence-electron chi connectivity index (χ1n) is 5.76. The predicted octanol–water partition coefficient (Wildman–Crippen LogP) is 0.432. The quantitative estimate of drug-likeness (QED) is 0.435. The minimum Gasteiger partial charge on any atom is -0.394 e. The molecule has 0 bridgehead atoms. The van der Waals surface area contributed by atoms with Crippen LogP contribution in [0.4, 0.5) is 4.79 Å². The Hall–Kier alpha value is -0.960. The molecule has 1 heterocycles. The number of hydrogen-bond donors (Lipinski definition) is 2. The number of nitroso groups, excluding NO2 is 1. The number of halogens is 1. The van der Waals surface area contributed by atoms with Gasteiger partial charge in [0.15, 0.2) is 5.79 Å². The Morgan fingerprint density at radius 3 is 2.47 bits per heavy atom. The molecule has 8 nitrogen and oxygen atoms in total. The van der Waals surface area contributed by atoms with Crippen molar-refractivity contribution in [2.75, 3.05) is 32.2 Å². The molecular formula is C10H18ClN3O5. The summed E-state index contributed by atoms with van der Waals surface area (Å²) < 4.78 is 10.8. The molecule has 2 N–H and O–H groups in total. The lowest BCUT2D eigenvalue weighted by Gasteiger charge is -2.42. The number of aliphatic hydroxyl groups is 1. The number of aliphatic hydroxyl groups excluding tert-OH is 1. The van der Waals surface area contributed by atoms with Crippen LogP contribution in [-0.4, -0.2) is 59.7 Å². The van der Waals surface area contributed by atoms with Gasteiger partial charge in [-0.25, -0.2) is 4.79 Å². The maximum atomic E-state index is 11.8. The van der Waals surface area contributed by atoms with Gasteiger partial charge < -0.3 is 19.9 Å². The highest BCUT2D eigenvalue weighted by molar-refractivity contribution is 6.18.